The molecule has 0 aliphatic carbocycles. The number of epoxide rings is 2. The van der Waals surface area contributed by atoms with E-state index < -0.39 is 24.3 Å². The second kappa shape index (κ2) is 4.40. The molecule has 0 bridgehead atoms. The first-order valence-corrected chi connectivity index (χ1v) is 5.48. The number of benzene rings is 1. The quantitative estimate of drug-likeness (QED) is 0.440. The molecule has 0 aromatic heterocycles. The Hall–Kier alpha value is -1.92. The van der Waals surface area contributed by atoms with Gasteiger partial charge in [0.2, 0.25) is 6.29 Å². The van der Waals surface area contributed by atoms with Crippen molar-refractivity contribution < 1.29 is 28.5 Å². The number of hydrogen-bond acceptors (Lipinski definition) is 6. The van der Waals surface area contributed by atoms with Crippen LogP contribution in [-0.2, 0) is 19.0 Å². The Bertz CT molecular complexity index is 472. The van der Waals surface area contributed by atoms with Crippen molar-refractivity contribution in [3.05, 3.63) is 29.8 Å². The molecule has 1 aromatic carbocycles. The monoisotopic (exact) mass is 250 g/mol. The molecule has 2 fully saturated rings. The summed E-state index contributed by atoms with van der Waals surface area (Å²) in [5.74, 6) is -0.507. The van der Waals surface area contributed by atoms with E-state index in [4.69, 9.17) is 18.9 Å². The Morgan fingerprint density at radius 1 is 1.11 bits per heavy atom. The Balaban J connectivity index is 1.60. The normalized spacial score (nSPS) is 24.2. The summed E-state index contributed by atoms with van der Waals surface area (Å²) in [4.78, 5) is 22.8. The van der Waals surface area contributed by atoms with Crippen LogP contribution >= 0.6 is 0 Å². The van der Waals surface area contributed by atoms with Gasteiger partial charge in [-0.25, -0.2) is 9.59 Å². The summed E-state index contributed by atoms with van der Waals surface area (Å²) in [6, 6.07) is 6.12. The molecule has 0 N–H and O–H groups in total. The lowest BCUT2D eigenvalue weighted by molar-refractivity contribution is -0.135. The fraction of sp³-hybridized carbons (Fsp3) is 0.333. The van der Waals surface area contributed by atoms with Gasteiger partial charge in [0.25, 0.3) is 0 Å². The van der Waals surface area contributed by atoms with E-state index >= 15 is 0 Å². The molecule has 18 heavy (non-hydrogen) atoms. The van der Waals surface area contributed by atoms with Crippen molar-refractivity contribution in [3.63, 3.8) is 0 Å². The minimum Gasteiger partial charge on any atom is -0.430 e. The van der Waals surface area contributed by atoms with Crippen LogP contribution in [0.1, 0.15) is 10.4 Å². The zero-order valence-electron chi connectivity index (χ0n) is 9.33. The smallest absolute Gasteiger partial charge is 0.343 e. The lowest BCUT2D eigenvalue weighted by atomic mass is 10.2. The molecule has 2 heterocycles. The van der Waals surface area contributed by atoms with Gasteiger partial charge in [-0.2, -0.15) is 0 Å². The van der Waals surface area contributed by atoms with Gasteiger partial charge in [0, 0.05) is 0 Å². The average molecular weight is 250 g/mol. The lowest BCUT2D eigenvalue weighted by Gasteiger charge is -2.04. The Labute approximate surface area is 102 Å². The molecule has 2 atom stereocenters. The zero-order valence-corrected chi connectivity index (χ0v) is 9.33. The van der Waals surface area contributed by atoms with E-state index in [1.165, 1.54) is 24.3 Å². The van der Waals surface area contributed by atoms with Gasteiger partial charge in [-0.05, 0) is 24.3 Å². The van der Waals surface area contributed by atoms with Gasteiger partial charge in [-0.3, -0.25) is 0 Å². The predicted octanol–water partition coefficient (Wildman–Crippen LogP) is 0.504. The number of carbonyl (C=O) groups excluding carboxylic acids is 2. The Morgan fingerprint density at radius 2 is 1.78 bits per heavy atom. The number of hydrogen-bond donors (Lipinski definition) is 0. The highest BCUT2D eigenvalue weighted by molar-refractivity contribution is 5.89. The van der Waals surface area contributed by atoms with Gasteiger partial charge < -0.3 is 18.9 Å². The Kier molecular flexibility index (Phi) is 2.73. The molecule has 6 nitrogen and oxygen atoms in total. The standard InChI is InChI=1S/C12H10O6/c13-11(18-10-6-16-10)7-1-3-8(4-2-7)17-12(14)9-5-15-9/h1-4,9-10H,5-6H2. The van der Waals surface area contributed by atoms with Crippen molar-refractivity contribution in [1.29, 1.82) is 0 Å². The molecular formula is C12H10O6. The molecule has 0 spiro atoms. The molecule has 3 rings (SSSR count). The van der Waals surface area contributed by atoms with E-state index in [1.54, 1.807) is 0 Å². The first-order chi connectivity index (χ1) is 8.72. The van der Waals surface area contributed by atoms with Crippen molar-refractivity contribution in [2.24, 2.45) is 0 Å². The highest BCUT2D eigenvalue weighted by Gasteiger charge is 2.33. The van der Waals surface area contributed by atoms with E-state index in [1.807, 2.05) is 0 Å². The van der Waals surface area contributed by atoms with Crippen LogP contribution < -0.4 is 4.74 Å². The van der Waals surface area contributed by atoms with Crippen LogP contribution in [-0.4, -0.2) is 37.5 Å². The lowest BCUT2D eigenvalue weighted by Crippen LogP contribution is -2.14. The van der Waals surface area contributed by atoms with Crippen LogP contribution in [0.15, 0.2) is 24.3 Å². The van der Waals surface area contributed by atoms with E-state index in [0.717, 1.165) is 0 Å². The van der Waals surface area contributed by atoms with E-state index in [2.05, 4.69) is 0 Å². The van der Waals surface area contributed by atoms with Crippen LogP contribution in [0.3, 0.4) is 0 Å². The van der Waals surface area contributed by atoms with E-state index in [-0.39, 0.29) is 0 Å². The molecule has 0 radical (unpaired) electrons. The minimum absolute atomic E-state index is 0.370. The molecule has 2 saturated heterocycles. The molecule has 0 amide bonds. The minimum atomic E-state index is -0.457. The maximum absolute atomic E-state index is 11.5. The Morgan fingerprint density at radius 3 is 2.33 bits per heavy atom. The summed E-state index contributed by atoms with van der Waals surface area (Å²) in [5, 5.41) is 0. The van der Waals surface area contributed by atoms with Crippen molar-refractivity contribution in [2.45, 2.75) is 12.4 Å². The van der Waals surface area contributed by atoms with Crippen LogP contribution in [0.5, 0.6) is 5.75 Å². The van der Waals surface area contributed by atoms with Gasteiger partial charge >= 0.3 is 11.9 Å². The second-order valence-electron chi connectivity index (χ2n) is 3.94. The highest BCUT2D eigenvalue weighted by atomic mass is 16.8. The van der Waals surface area contributed by atoms with Crippen LogP contribution in [0.2, 0.25) is 0 Å². The van der Waals surface area contributed by atoms with Gasteiger partial charge in [0.1, 0.15) is 12.4 Å². The zero-order chi connectivity index (χ0) is 12.5. The van der Waals surface area contributed by atoms with E-state index in [0.29, 0.717) is 24.5 Å². The highest BCUT2D eigenvalue weighted by Crippen LogP contribution is 2.19. The third-order valence-electron chi connectivity index (χ3n) is 2.45. The first kappa shape index (κ1) is 11.2. The third kappa shape index (κ3) is 2.66. The predicted molar refractivity (Wildman–Crippen MR) is 57.0 cm³/mol. The second-order valence-corrected chi connectivity index (χ2v) is 3.94. The third-order valence-corrected chi connectivity index (χ3v) is 2.45. The molecule has 2 aliphatic heterocycles. The molecule has 0 saturated carbocycles. The summed E-state index contributed by atoms with van der Waals surface area (Å²) >= 11 is 0. The van der Waals surface area contributed by atoms with Crippen LogP contribution in [0.25, 0.3) is 0 Å². The molecule has 94 valence electrons. The molecule has 2 aliphatic rings. The van der Waals surface area contributed by atoms with Gasteiger partial charge in [-0.1, -0.05) is 0 Å². The van der Waals surface area contributed by atoms with E-state index in [9.17, 15) is 9.59 Å². The van der Waals surface area contributed by atoms with Crippen molar-refractivity contribution in [3.8, 4) is 5.75 Å². The fourth-order valence-corrected chi connectivity index (χ4v) is 1.32. The van der Waals surface area contributed by atoms with Gasteiger partial charge in [0.05, 0.1) is 12.2 Å². The SMILES string of the molecule is O=C(OC1CO1)c1ccc(OC(=O)C2CO2)cc1. The van der Waals surface area contributed by atoms with Gasteiger partial charge in [-0.15, -0.1) is 0 Å². The summed E-state index contributed by atoms with van der Waals surface area (Å²) in [6.07, 6.45) is -0.858. The number of ether oxygens (including phenoxy) is 4. The van der Waals surface area contributed by atoms with Crippen LogP contribution in [0, 0.1) is 0 Å². The summed E-state index contributed by atoms with van der Waals surface area (Å²) in [7, 11) is 0. The maximum Gasteiger partial charge on any atom is 0.343 e. The maximum atomic E-state index is 11.5. The molecule has 2 unspecified atom stereocenters. The number of carbonyl (C=O) groups is 2. The average Bonchev–Trinajstić information content (AvgIpc) is 3.23. The first-order valence-electron chi connectivity index (χ1n) is 5.48. The molecular weight excluding hydrogens is 240 g/mol. The number of rotatable bonds is 4. The largest absolute Gasteiger partial charge is 0.430 e. The van der Waals surface area contributed by atoms with Gasteiger partial charge in [0.15, 0.2) is 6.10 Å². The van der Waals surface area contributed by atoms with Crippen LogP contribution in [0.4, 0.5) is 0 Å². The fourth-order valence-electron chi connectivity index (χ4n) is 1.32. The van der Waals surface area contributed by atoms with Crippen molar-refractivity contribution in [2.75, 3.05) is 13.2 Å². The van der Waals surface area contributed by atoms with Crippen molar-refractivity contribution >= 4 is 11.9 Å². The molecule has 6 heteroatoms. The molecule has 1 aromatic rings. The summed E-state index contributed by atoms with van der Waals surface area (Å²) in [6.45, 7) is 0.855. The summed E-state index contributed by atoms with van der Waals surface area (Å²) in [5.41, 5.74) is 0.382. The number of esters is 2. The summed E-state index contributed by atoms with van der Waals surface area (Å²) < 4.78 is 19.5. The topological polar surface area (TPSA) is 77.7 Å². The van der Waals surface area contributed by atoms with Crippen molar-refractivity contribution in [1.82, 2.24) is 0 Å².